The van der Waals surface area contributed by atoms with Crippen LogP contribution >= 0.6 is 11.8 Å². The Morgan fingerprint density at radius 1 is 1.00 bits per heavy atom. The summed E-state index contributed by atoms with van der Waals surface area (Å²) in [5.74, 6) is -0.254. The lowest BCUT2D eigenvalue weighted by Gasteiger charge is -2.11. The second kappa shape index (κ2) is 9.88. The normalized spacial score (nSPS) is 11.3. The van der Waals surface area contributed by atoms with E-state index in [4.69, 9.17) is 0 Å². The molecule has 30 heavy (non-hydrogen) atoms. The van der Waals surface area contributed by atoms with Gasteiger partial charge in [-0.1, -0.05) is 30.0 Å². The lowest BCUT2D eigenvalue weighted by molar-refractivity contribution is 0.0954. The molecule has 6 nitrogen and oxygen atoms in total. The fourth-order valence-electron chi connectivity index (χ4n) is 2.74. The Hall–Kier alpha value is -2.68. The summed E-state index contributed by atoms with van der Waals surface area (Å²) < 4.78 is 27.5. The standard InChI is InChI=1S/C22H23N3O3S2/c1-16-6-7-17(2)20(15-16)30(27,28)25-14-13-24-22(26)18-8-10-19(11-9-18)29-21-5-3-4-12-23-21/h3-12,15,25H,13-14H2,1-2H3,(H,24,26). The van der Waals surface area contributed by atoms with Gasteiger partial charge in [0, 0.05) is 29.7 Å². The van der Waals surface area contributed by atoms with Gasteiger partial charge in [-0.25, -0.2) is 18.1 Å². The van der Waals surface area contributed by atoms with Crippen LogP contribution in [0.1, 0.15) is 21.5 Å². The van der Waals surface area contributed by atoms with Crippen molar-refractivity contribution < 1.29 is 13.2 Å². The highest BCUT2D eigenvalue weighted by Gasteiger charge is 2.16. The lowest BCUT2D eigenvalue weighted by atomic mass is 10.2. The average molecular weight is 442 g/mol. The number of sulfonamides is 1. The predicted molar refractivity (Wildman–Crippen MR) is 118 cm³/mol. The van der Waals surface area contributed by atoms with Crippen molar-refractivity contribution in [1.82, 2.24) is 15.0 Å². The Morgan fingerprint density at radius 3 is 2.47 bits per heavy atom. The van der Waals surface area contributed by atoms with Crippen molar-refractivity contribution in [2.24, 2.45) is 0 Å². The van der Waals surface area contributed by atoms with E-state index in [1.807, 2.05) is 43.3 Å². The first-order chi connectivity index (χ1) is 14.3. The van der Waals surface area contributed by atoms with Gasteiger partial charge in [0.05, 0.1) is 4.90 Å². The fourth-order valence-corrected chi connectivity index (χ4v) is 4.87. The third kappa shape index (κ3) is 5.91. The number of pyridine rings is 1. The summed E-state index contributed by atoms with van der Waals surface area (Å²) in [5, 5.41) is 3.61. The molecular formula is C22H23N3O3S2. The Balaban J connectivity index is 1.50. The van der Waals surface area contributed by atoms with E-state index < -0.39 is 10.0 Å². The molecule has 1 amide bonds. The van der Waals surface area contributed by atoms with E-state index in [0.29, 0.717) is 11.1 Å². The monoisotopic (exact) mass is 441 g/mol. The number of rotatable bonds is 8. The van der Waals surface area contributed by atoms with Crippen LogP contribution in [0.4, 0.5) is 0 Å². The van der Waals surface area contributed by atoms with Gasteiger partial charge in [-0.2, -0.15) is 0 Å². The molecule has 0 saturated carbocycles. The maximum atomic E-state index is 12.5. The molecule has 0 aliphatic heterocycles. The molecule has 8 heteroatoms. The average Bonchev–Trinajstić information content (AvgIpc) is 2.74. The molecule has 1 heterocycles. The van der Waals surface area contributed by atoms with E-state index in [9.17, 15) is 13.2 Å². The zero-order valence-corrected chi connectivity index (χ0v) is 18.4. The van der Waals surface area contributed by atoms with Gasteiger partial charge in [-0.15, -0.1) is 0 Å². The number of nitrogens with zero attached hydrogens (tertiary/aromatic N) is 1. The Kier molecular flexibility index (Phi) is 7.25. The van der Waals surface area contributed by atoms with E-state index in [1.165, 1.54) is 11.8 Å². The number of carbonyl (C=O) groups is 1. The smallest absolute Gasteiger partial charge is 0.251 e. The third-order valence-electron chi connectivity index (χ3n) is 4.31. The molecular weight excluding hydrogens is 418 g/mol. The Morgan fingerprint density at radius 2 is 1.77 bits per heavy atom. The van der Waals surface area contributed by atoms with E-state index >= 15 is 0 Å². The van der Waals surface area contributed by atoms with Crippen LogP contribution in [0.2, 0.25) is 0 Å². The topological polar surface area (TPSA) is 88.2 Å². The first-order valence-electron chi connectivity index (χ1n) is 9.39. The van der Waals surface area contributed by atoms with Crippen LogP contribution in [-0.4, -0.2) is 32.4 Å². The quantitative estimate of drug-likeness (QED) is 0.522. The molecule has 2 N–H and O–H groups in total. The van der Waals surface area contributed by atoms with Crippen molar-refractivity contribution in [3.63, 3.8) is 0 Å². The molecule has 0 fully saturated rings. The largest absolute Gasteiger partial charge is 0.351 e. The van der Waals surface area contributed by atoms with Crippen molar-refractivity contribution in [1.29, 1.82) is 0 Å². The molecule has 3 rings (SSSR count). The fraction of sp³-hybridized carbons (Fsp3) is 0.182. The van der Waals surface area contributed by atoms with E-state index in [1.54, 1.807) is 37.4 Å². The summed E-state index contributed by atoms with van der Waals surface area (Å²) >= 11 is 1.51. The minimum atomic E-state index is -3.62. The van der Waals surface area contributed by atoms with E-state index in [-0.39, 0.29) is 23.9 Å². The molecule has 0 aliphatic carbocycles. The predicted octanol–water partition coefficient (Wildman–Crippen LogP) is 3.56. The van der Waals surface area contributed by atoms with Crippen LogP contribution in [0, 0.1) is 13.8 Å². The number of benzene rings is 2. The second-order valence-corrected chi connectivity index (χ2v) is 9.55. The molecule has 0 spiro atoms. The molecule has 2 aromatic carbocycles. The SMILES string of the molecule is Cc1ccc(C)c(S(=O)(=O)NCCNC(=O)c2ccc(Sc3ccccn3)cc2)c1. The first kappa shape index (κ1) is 22.0. The molecule has 3 aromatic rings. The minimum absolute atomic E-state index is 0.106. The van der Waals surface area contributed by atoms with Gasteiger partial charge in [-0.3, -0.25) is 4.79 Å². The number of hydrogen-bond donors (Lipinski definition) is 2. The number of aryl methyl sites for hydroxylation is 2. The summed E-state index contributed by atoms with van der Waals surface area (Å²) in [5.41, 5.74) is 2.07. The van der Waals surface area contributed by atoms with E-state index in [0.717, 1.165) is 15.5 Å². The van der Waals surface area contributed by atoms with Crippen LogP contribution in [0.15, 0.2) is 81.7 Å². The van der Waals surface area contributed by atoms with Gasteiger partial charge in [0.25, 0.3) is 5.91 Å². The lowest BCUT2D eigenvalue weighted by Crippen LogP contribution is -2.35. The van der Waals surface area contributed by atoms with Crippen molar-refractivity contribution in [2.75, 3.05) is 13.1 Å². The zero-order chi connectivity index (χ0) is 21.6. The number of aromatic nitrogens is 1. The summed E-state index contributed by atoms with van der Waals surface area (Å²) in [6, 6.07) is 18.2. The molecule has 0 radical (unpaired) electrons. The molecule has 0 aliphatic rings. The van der Waals surface area contributed by atoms with Crippen molar-refractivity contribution >= 4 is 27.7 Å². The van der Waals surface area contributed by atoms with E-state index in [2.05, 4.69) is 15.0 Å². The maximum Gasteiger partial charge on any atom is 0.251 e. The van der Waals surface area contributed by atoms with Crippen LogP contribution in [0.25, 0.3) is 0 Å². The van der Waals surface area contributed by atoms with Gasteiger partial charge in [-0.05, 0) is 67.4 Å². The van der Waals surface area contributed by atoms with Crippen LogP contribution in [0.5, 0.6) is 0 Å². The number of carbonyl (C=O) groups excluding carboxylic acids is 1. The number of amides is 1. The summed E-state index contributed by atoms with van der Waals surface area (Å²) in [4.78, 5) is 17.8. The summed E-state index contributed by atoms with van der Waals surface area (Å²) in [6.45, 7) is 3.90. The van der Waals surface area contributed by atoms with Crippen molar-refractivity contribution in [3.8, 4) is 0 Å². The highest BCUT2D eigenvalue weighted by atomic mass is 32.2. The van der Waals surface area contributed by atoms with Gasteiger partial charge in [0.2, 0.25) is 10.0 Å². The van der Waals surface area contributed by atoms with Gasteiger partial charge >= 0.3 is 0 Å². The van der Waals surface area contributed by atoms with Gasteiger partial charge in [0.1, 0.15) is 5.03 Å². The summed E-state index contributed by atoms with van der Waals surface area (Å²) in [7, 11) is -3.62. The Bertz CT molecular complexity index is 1120. The summed E-state index contributed by atoms with van der Waals surface area (Å²) in [6.07, 6.45) is 1.73. The van der Waals surface area contributed by atoms with Crippen molar-refractivity contribution in [3.05, 3.63) is 83.6 Å². The first-order valence-corrected chi connectivity index (χ1v) is 11.7. The molecule has 156 valence electrons. The maximum absolute atomic E-state index is 12.5. The number of hydrogen-bond acceptors (Lipinski definition) is 5. The molecule has 0 bridgehead atoms. The van der Waals surface area contributed by atoms with Crippen molar-refractivity contribution in [2.45, 2.75) is 28.7 Å². The zero-order valence-electron chi connectivity index (χ0n) is 16.8. The molecule has 0 saturated heterocycles. The molecule has 0 atom stereocenters. The van der Waals surface area contributed by atoms with Crippen LogP contribution in [0.3, 0.4) is 0 Å². The minimum Gasteiger partial charge on any atom is -0.351 e. The highest BCUT2D eigenvalue weighted by Crippen LogP contribution is 2.25. The molecule has 1 aromatic heterocycles. The van der Waals surface area contributed by atoms with Crippen LogP contribution in [-0.2, 0) is 10.0 Å². The highest BCUT2D eigenvalue weighted by molar-refractivity contribution is 7.99. The Labute approximate surface area is 181 Å². The van der Waals surface area contributed by atoms with Gasteiger partial charge in [0.15, 0.2) is 0 Å². The van der Waals surface area contributed by atoms with Gasteiger partial charge < -0.3 is 5.32 Å². The van der Waals surface area contributed by atoms with Crippen LogP contribution < -0.4 is 10.0 Å². The number of nitrogens with one attached hydrogen (secondary N) is 2. The second-order valence-electron chi connectivity index (χ2n) is 6.72. The third-order valence-corrected chi connectivity index (χ3v) is 6.87. The molecule has 0 unspecified atom stereocenters.